The average molecular weight is 406 g/mol. The number of pyridine rings is 1. The van der Waals surface area contributed by atoms with Crippen molar-refractivity contribution in [3.63, 3.8) is 0 Å². The molecule has 0 bridgehead atoms. The number of rotatable bonds is 2. The van der Waals surface area contributed by atoms with Gasteiger partial charge in [0.25, 0.3) is 0 Å². The van der Waals surface area contributed by atoms with Crippen LogP contribution >= 0.6 is 0 Å². The first-order valence-electron chi connectivity index (χ1n) is 10.0. The predicted molar refractivity (Wildman–Crippen MR) is 121 cm³/mol. The lowest BCUT2D eigenvalue weighted by atomic mass is 9.93. The number of para-hydroxylation sites is 2. The normalized spacial score (nSPS) is 11.5. The Balaban J connectivity index is 1.90. The third-order valence-electron chi connectivity index (χ3n) is 5.71. The molecule has 0 aliphatic heterocycles. The van der Waals surface area contributed by atoms with Gasteiger partial charge in [-0.2, -0.15) is 0 Å². The Bertz CT molecular complexity index is 1580. The molecule has 2 heterocycles. The van der Waals surface area contributed by atoms with Crippen molar-refractivity contribution in [1.29, 1.82) is 0 Å². The van der Waals surface area contributed by atoms with Crippen molar-refractivity contribution < 1.29 is 8.78 Å². The van der Waals surface area contributed by atoms with Crippen LogP contribution in [-0.4, -0.2) is 9.38 Å². The molecule has 31 heavy (non-hydrogen) atoms. The molecule has 0 unspecified atom stereocenters. The molecule has 0 aliphatic rings. The highest BCUT2D eigenvalue weighted by Gasteiger charge is 2.20. The molecule has 0 aliphatic carbocycles. The zero-order valence-corrected chi connectivity index (χ0v) is 16.4. The van der Waals surface area contributed by atoms with Gasteiger partial charge in [-0.1, -0.05) is 48.5 Å². The molecular formula is C27H16F2N2. The SMILES string of the molecule is Fc1ccc(-c2c(-c3ccc(F)cc3)n3c4ccccc4nc3c3ccccc23)cc1. The van der Waals surface area contributed by atoms with Crippen LogP contribution in [0.1, 0.15) is 0 Å². The Morgan fingerprint density at radius 1 is 0.581 bits per heavy atom. The van der Waals surface area contributed by atoms with Crippen molar-refractivity contribution in [2.75, 3.05) is 0 Å². The lowest BCUT2D eigenvalue weighted by Crippen LogP contribution is -1.99. The van der Waals surface area contributed by atoms with Gasteiger partial charge in [0, 0.05) is 10.9 Å². The summed E-state index contributed by atoms with van der Waals surface area (Å²) in [6.07, 6.45) is 0. The number of nitrogens with zero attached hydrogens (tertiary/aromatic N) is 2. The van der Waals surface area contributed by atoms with Gasteiger partial charge in [-0.15, -0.1) is 0 Å². The van der Waals surface area contributed by atoms with Crippen LogP contribution < -0.4 is 0 Å². The zero-order chi connectivity index (χ0) is 20.9. The van der Waals surface area contributed by atoms with Crippen LogP contribution in [0.4, 0.5) is 8.78 Å². The molecule has 2 nitrogen and oxygen atoms in total. The fraction of sp³-hybridized carbons (Fsp3) is 0. The maximum atomic E-state index is 13.8. The van der Waals surface area contributed by atoms with E-state index in [0.717, 1.165) is 49.8 Å². The summed E-state index contributed by atoms with van der Waals surface area (Å²) in [5.74, 6) is -0.579. The van der Waals surface area contributed by atoms with E-state index in [4.69, 9.17) is 4.98 Å². The first-order valence-corrected chi connectivity index (χ1v) is 10.0. The molecule has 0 amide bonds. The van der Waals surface area contributed by atoms with Gasteiger partial charge in [0.15, 0.2) is 0 Å². The van der Waals surface area contributed by atoms with E-state index in [1.54, 1.807) is 24.3 Å². The van der Waals surface area contributed by atoms with Crippen LogP contribution in [0.2, 0.25) is 0 Å². The molecule has 0 saturated carbocycles. The molecule has 0 spiro atoms. The maximum Gasteiger partial charge on any atom is 0.146 e. The second-order valence-corrected chi connectivity index (χ2v) is 7.54. The highest BCUT2D eigenvalue weighted by atomic mass is 19.1. The Hall–Kier alpha value is -4.05. The smallest absolute Gasteiger partial charge is 0.146 e. The van der Waals surface area contributed by atoms with Crippen LogP contribution in [0, 0.1) is 11.6 Å². The van der Waals surface area contributed by atoms with E-state index < -0.39 is 0 Å². The lowest BCUT2D eigenvalue weighted by Gasteiger charge is -2.18. The Labute approximate surface area is 177 Å². The van der Waals surface area contributed by atoms with E-state index in [1.807, 2.05) is 36.4 Å². The van der Waals surface area contributed by atoms with Gasteiger partial charge in [-0.05, 0) is 65.0 Å². The first-order chi connectivity index (χ1) is 15.2. The number of halogens is 2. The highest BCUT2D eigenvalue weighted by Crippen LogP contribution is 2.41. The van der Waals surface area contributed by atoms with E-state index in [2.05, 4.69) is 16.5 Å². The van der Waals surface area contributed by atoms with Gasteiger partial charge in [-0.3, -0.25) is 4.40 Å². The summed E-state index contributed by atoms with van der Waals surface area (Å²) in [6.45, 7) is 0. The minimum Gasteiger partial charge on any atom is -0.291 e. The Morgan fingerprint density at radius 2 is 1.16 bits per heavy atom. The van der Waals surface area contributed by atoms with Crippen LogP contribution in [0.25, 0.3) is 49.8 Å². The molecule has 0 saturated heterocycles. The molecular weight excluding hydrogens is 390 g/mol. The Morgan fingerprint density at radius 3 is 1.87 bits per heavy atom. The summed E-state index contributed by atoms with van der Waals surface area (Å²) in [5.41, 5.74) is 6.28. The number of hydrogen-bond donors (Lipinski definition) is 0. The molecule has 6 aromatic rings. The van der Waals surface area contributed by atoms with Crippen LogP contribution in [0.3, 0.4) is 0 Å². The summed E-state index contributed by atoms with van der Waals surface area (Å²) < 4.78 is 29.6. The molecule has 0 atom stereocenters. The Kier molecular flexibility index (Phi) is 3.87. The van der Waals surface area contributed by atoms with E-state index in [0.29, 0.717) is 0 Å². The number of imidazole rings is 1. The van der Waals surface area contributed by atoms with Crippen molar-refractivity contribution in [1.82, 2.24) is 9.38 Å². The van der Waals surface area contributed by atoms with Gasteiger partial charge < -0.3 is 0 Å². The number of fused-ring (bicyclic) bond motifs is 5. The minimum absolute atomic E-state index is 0.287. The van der Waals surface area contributed by atoms with Gasteiger partial charge in [0.1, 0.15) is 17.3 Å². The quantitative estimate of drug-likeness (QED) is 0.296. The minimum atomic E-state index is -0.292. The summed E-state index contributed by atoms with van der Waals surface area (Å²) in [5, 5.41) is 2.01. The predicted octanol–water partition coefficient (Wildman–Crippen LogP) is 7.25. The van der Waals surface area contributed by atoms with Gasteiger partial charge in [-0.25, -0.2) is 13.8 Å². The summed E-state index contributed by atoms with van der Waals surface area (Å²) in [4.78, 5) is 4.92. The fourth-order valence-corrected chi connectivity index (χ4v) is 4.36. The molecule has 2 aromatic heterocycles. The monoisotopic (exact) mass is 406 g/mol. The van der Waals surface area contributed by atoms with Gasteiger partial charge in [0.05, 0.1) is 16.7 Å². The molecule has 6 rings (SSSR count). The van der Waals surface area contributed by atoms with E-state index >= 15 is 0 Å². The zero-order valence-electron chi connectivity index (χ0n) is 16.4. The third-order valence-corrected chi connectivity index (χ3v) is 5.71. The molecule has 148 valence electrons. The van der Waals surface area contributed by atoms with Crippen LogP contribution in [0.5, 0.6) is 0 Å². The molecule has 0 fully saturated rings. The van der Waals surface area contributed by atoms with Crippen molar-refractivity contribution in [3.8, 4) is 22.4 Å². The molecule has 4 heteroatoms. The average Bonchev–Trinajstić information content (AvgIpc) is 3.19. The number of hydrogen-bond acceptors (Lipinski definition) is 1. The van der Waals surface area contributed by atoms with E-state index in [9.17, 15) is 8.78 Å². The standard InChI is InChI=1S/C27H16F2N2/c28-19-13-9-17(10-14-19)25-21-5-1-2-6-22(21)27-30-23-7-3-4-8-24(23)31(27)26(25)18-11-15-20(29)16-12-18/h1-16H. The summed E-state index contributed by atoms with van der Waals surface area (Å²) in [6, 6.07) is 29.1. The van der Waals surface area contributed by atoms with Crippen LogP contribution in [-0.2, 0) is 0 Å². The lowest BCUT2D eigenvalue weighted by molar-refractivity contribution is 0.627. The van der Waals surface area contributed by atoms with Crippen molar-refractivity contribution in [2.45, 2.75) is 0 Å². The summed E-state index contributed by atoms with van der Waals surface area (Å²) in [7, 11) is 0. The van der Waals surface area contributed by atoms with E-state index in [-0.39, 0.29) is 11.6 Å². The molecule has 4 aromatic carbocycles. The second kappa shape index (κ2) is 6.74. The first kappa shape index (κ1) is 17.8. The third kappa shape index (κ3) is 2.72. The molecule has 0 radical (unpaired) electrons. The topological polar surface area (TPSA) is 17.3 Å². The second-order valence-electron chi connectivity index (χ2n) is 7.54. The van der Waals surface area contributed by atoms with Crippen molar-refractivity contribution in [2.24, 2.45) is 0 Å². The van der Waals surface area contributed by atoms with Gasteiger partial charge >= 0.3 is 0 Å². The van der Waals surface area contributed by atoms with E-state index in [1.165, 1.54) is 24.3 Å². The fourth-order valence-electron chi connectivity index (χ4n) is 4.36. The van der Waals surface area contributed by atoms with Crippen molar-refractivity contribution >= 4 is 27.5 Å². The van der Waals surface area contributed by atoms with Crippen molar-refractivity contribution in [3.05, 3.63) is 109 Å². The summed E-state index contributed by atoms with van der Waals surface area (Å²) >= 11 is 0. The number of benzene rings is 4. The molecule has 0 N–H and O–H groups in total. The maximum absolute atomic E-state index is 13.8. The van der Waals surface area contributed by atoms with Crippen LogP contribution in [0.15, 0.2) is 97.1 Å². The number of aromatic nitrogens is 2. The largest absolute Gasteiger partial charge is 0.291 e. The highest BCUT2D eigenvalue weighted by molar-refractivity contribution is 6.10. The van der Waals surface area contributed by atoms with Gasteiger partial charge in [0.2, 0.25) is 0 Å².